The third-order valence-electron chi connectivity index (χ3n) is 3.14. The van der Waals surface area contributed by atoms with Crippen LogP contribution in [0, 0.1) is 5.41 Å². The highest BCUT2D eigenvalue weighted by molar-refractivity contribution is 7.99. The molecule has 2 rings (SSSR count). The highest BCUT2D eigenvalue weighted by Crippen LogP contribution is 2.51. The van der Waals surface area contributed by atoms with E-state index in [4.69, 9.17) is 4.74 Å². The van der Waals surface area contributed by atoms with E-state index >= 15 is 0 Å². The van der Waals surface area contributed by atoms with E-state index in [9.17, 15) is 4.79 Å². The van der Waals surface area contributed by atoms with E-state index < -0.39 is 0 Å². The third-order valence-corrected chi connectivity index (χ3v) is 4.42. The number of carbonyl (C=O) groups excluding carboxylic acids is 1. The number of hydrogen-bond donors (Lipinski definition) is 0. The Morgan fingerprint density at radius 1 is 1.59 bits per heavy atom. The van der Waals surface area contributed by atoms with Crippen LogP contribution in [-0.2, 0) is 16.1 Å². The third kappa shape index (κ3) is 3.77. The molecule has 1 aromatic heterocycles. The number of aromatic nitrogens is 2. The highest BCUT2D eigenvalue weighted by atomic mass is 32.2. The highest BCUT2D eigenvalue weighted by Gasteiger charge is 2.44. The topological polar surface area (TPSA) is 44.1 Å². The van der Waals surface area contributed by atoms with Crippen LogP contribution >= 0.6 is 11.8 Å². The largest absolute Gasteiger partial charge is 0.469 e. The van der Waals surface area contributed by atoms with Crippen molar-refractivity contribution in [3.63, 3.8) is 0 Å². The van der Waals surface area contributed by atoms with Gasteiger partial charge in [0.05, 0.1) is 13.5 Å². The minimum absolute atomic E-state index is 0.0739. The zero-order chi connectivity index (χ0) is 12.1. The smallest absolute Gasteiger partial charge is 0.306 e. The Morgan fingerprint density at radius 3 is 3.00 bits per heavy atom. The maximum atomic E-state index is 11.2. The van der Waals surface area contributed by atoms with E-state index in [0.717, 1.165) is 30.9 Å². The van der Waals surface area contributed by atoms with Crippen molar-refractivity contribution >= 4 is 17.7 Å². The summed E-state index contributed by atoms with van der Waals surface area (Å²) in [6.45, 7) is 0.936. The molecule has 0 atom stereocenters. The molecule has 0 spiro atoms. The summed E-state index contributed by atoms with van der Waals surface area (Å²) in [6, 6.07) is 1.93. The van der Waals surface area contributed by atoms with Crippen LogP contribution in [0.25, 0.3) is 0 Å². The van der Waals surface area contributed by atoms with E-state index in [1.165, 1.54) is 7.11 Å². The van der Waals surface area contributed by atoms with Gasteiger partial charge in [0.15, 0.2) is 0 Å². The predicted molar refractivity (Wildman–Crippen MR) is 67.9 cm³/mol. The summed E-state index contributed by atoms with van der Waals surface area (Å²) in [7, 11) is 1.46. The van der Waals surface area contributed by atoms with Crippen LogP contribution in [0.15, 0.2) is 18.5 Å². The Bertz CT molecular complexity index is 361. The van der Waals surface area contributed by atoms with Gasteiger partial charge in [0.1, 0.15) is 0 Å². The first-order chi connectivity index (χ1) is 8.24. The van der Waals surface area contributed by atoms with E-state index in [1.807, 2.05) is 28.7 Å². The van der Waals surface area contributed by atoms with E-state index in [-0.39, 0.29) is 11.4 Å². The van der Waals surface area contributed by atoms with Gasteiger partial charge >= 0.3 is 5.97 Å². The molecule has 1 aromatic rings. The molecule has 1 saturated carbocycles. The summed E-state index contributed by atoms with van der Waals surface area (Å²) < 4.78 is 6.67. The van der Waals surface area contributed by atoms with Crippen LogP contribution in [-0.4, -0.2) is 34.4 Å². The molecule has 0 amide bonds. The van der Waals surface area contributed by atoms with Crippen LogP contribution in [0.3, 0.4) is 0 Å². The van der Waals surface area contributed by atoms with Crippen molar-refractivity contribution in [1.29, 1.82) is 0 Å². The fourth-order valence-corrected chi connectivity index (χ4v) is 3.09. The molecule has 0 radical (unpaired) electrons. The SMILES string of the molecule is COC(=O)CC1(CSCCn2cccn2)CC1. The zero-order valence-corrected chi connectivity index (χ0v) is 10.9. The van der Waals surface area contributed by atoms with Crippen LogP contribution < -0.4 is 0 Å². The summed E-state index contributed by atoms with van der Waals surface area (Å²) in [6.07, 6.45) is 6.68. The van der Waals surface area contributed by atoms with Crippen molar-refractivity contribution in [1.82, 2.24) is 9.78 Å². The summed E-state index contributed by atoms with van der Waals surface area (Å²) in [4.78, 5) is 11.2. The van der Waals surface area contributed by atoms with Gasteiger partial charge in [-0.2, -0.15) is 16.9 Å². The fraction of sp³-hybridized carbons (Fsp3) is 0.667. The lowest BCUT2D eigenvalue weighted by Crippen LogP contribution is -2.13. The molecule has 0 N–H and O–H groups in total. The second-order valence-electron chi connectivity index (χ2n) is 4.57. The van der Waals surface area contributed by atoms with Gasteiger partial charge in [-0.15, -0.1) is 0 Å². The molecular weight excluding hydrogens is 236 g/mol. The standard InChI is InChI=1S/C12H18N2O2S/c1-16-11(15)9-12(3-4-12)10-17-8-7-14-6-2-5-13-14/h2,5-6H,3-4,7-10H2,1H3. The molecular formula is C12H18N2O2S. The van der Waals surface area contributed by atoms with Gasteiger partial charge in [0.25, 0.3) is 0 Å². The van der Waals surface area contributed by atoms with Gasteiger partial charge in [0, 0.05) is 24.7 Å². The lowest BCUT2D eigenvalue weighted by atomic mass is 10.1. The number of ether oxygens (including phenoxy) is 1. The van der Waals surface area contributed by atoms with E-state index in [2.05, 4.69) is 5.10 Å². The number of thioether (sulfide) groups is 1. The Kier molecular flexibility index (Phi) is 4.10. The predicted octanol–water partition coefficient (Wildman–Crippen LogP) is 1.96. The van der Waals surface area contributed by atoms with Crippen LogP contribution in [0.4, 0.5) is 0 Å². The summed E-state index contributed by atoms with van der Waals surface area (Å²) in [5.41, 5.74) is 0.238. The Hall–Kier alpha value is -0.970. The number of rotatable bonds is 7. The number of nitrogens with zero attached hydrogens (tertiary/aromatic N) is 2. The lowest BCUT2D eigenvalue weighted by Gasteiger charge is -2.12. The Labute approximate surface area is 106 Å². The van der Waals surface area contributed by atoms with E-state index in [0.29, 0.717) is 6.42 Å². The van der Waals surface area contributed by atoms with Gasteiger partial charge < -0.3 is 4.74 Å². The first-order valence-corrected chi connectivity index (χ1v) is 7.02. The summed E-state index contributed by atoms with van der Waals surface area (Å²) in [5.74, 6) is 2.03. The zero-order valence-electron chi connectivity index (χ0n) is 10.1. The molecule has 0 aliphatic heterocycles. The molecule has 1 aliphatic rings. The molecule has 17 heavy (non-hydrogen) atoms. The van der Waals surface area contributed by atoms with Crippen molar-refractivity contribution in [3.05, 3.63) is 18.5 Å². The van der Waals surface area contributed by atoms with Gasteiger partial charge in [0.2, 0.25) is 0 Å². The molecule has 4 nitrogen and oxygen atoms in total. The van der Waals surface area contributed by atoms with Crippen molar-refractivity contribution in [2.45, 2.75) is 25.8 Å². The van der Waals surface area contributed by atoms with Crippen molar-refractivity contribution in [3.8, 4) is 0 Å². The molecule has 1 heterocycles. The lowest BCUT2D eigenvalue weighted by molar-refractivity contribution is -0.141. The average molecular weight is 254 g/mol. The number of aryl methyl sites for hydroxylation is 1. The fourth-order valence-electron chi connectivity index (χ4n) is 1.81. The Balaban J connectivity index is 1.63. The molecule has 0 saturated heterocycles. The number of hydrogen-bond acceptors (Lipinski definition) is 4. The van der Waals surface area contributed by atoms with Crippen LogP contribution in [0.5, 0.6) is 0 Å². The van der Waals surface area contributed by atoms with E-state index in [1.54, 1.807) is 6.20 Å². The van der Waals surface area contributed by atoms with Crippen LogP contribution in [0.2, 0.25) is 0 Å². The quantitative estimate of drug-likeness (QED) is 0.551. The first kappa shape index (κ1) is 12.5. The van der Waals surface area contributed by atoms with Gasteiger partial charge in [-0.05, 0) is 30.1 Å². The molecule has 5 heteroatoms. The molecule has 0 aromatic carbocycles. The van der Waals surface area contributed by atoms with Crippen molar-refractivity contribution < 1.29 is 9.53 Å². The molecule has 1 fully saturated rings. The van der Waals surface area contributed by atoms with Crippen molar-refractivity contribution in [2.24, 2.45) is 5.41 Å². The average Bonchev–Trinajstić information content (AvgIpc) is 2.89. The molecule has 0 unspecified atom stereocenters. The molecule has 0 bridgehead atoms. The normalized spacial score (nSPS) is 16.8. The van der Waals surface area contributed by atoms with Crippen LogP contribution in [0.1, 0.15) is 19.3 Å². The van der Waals surface area contributed by atoms with Crippen molar-refractivity contribution in [2.75, 3.05) is 18.6 Å². The maximum absolute atomic E-state index is 11.2. The number of esters is 1. The van der Waals surface area contributed by atoms with Gasteiger partial charge in [-0.3, -0.25) is 9.48 Å². The molecule has 94 valence electrons. The minimum Gasteiger partial charge on any atom is -0.469 e. The summed E-state index contributed by atoms with van der Waals surface area (Å²) in [5, 5.41) is 4.16. The minimum atomic E-state index is -0.0739. The Morgan fingerprint density at radius 2 is 2.41 bits per heavy atom. The molecule has 1 aliphatic carbocycles. The monoisotopic (exact) mass is 254 g/mol. The second kappa shape index (κ2) is 5.58. The first-order valence-electron chi connectivity index (χ1n) is 5.86. The van der Waals surface area contributed by atoms with Gasteiger partial charge in [-0.25, -0.2) is 0 Å². The number of carbonyl (C=O) groups is 1. The summed E-state index contributed by atoms with van der Waals surface area (Å²) >= 11 is 1.90. The maximum Gasteiger partial charge on any atom is 0.306 e. The van der Waals surface area contributed by atoms with Gasteiger partial charge in [-0.1, -0.05) is 0 Å². The number of methoxy groups -OCH3 is 1. The second-order valence-corrected chi connectivity index (χ2v) is 5.68.